The molecule has 1 rings (SSSR count). The summed E-state index contributed by atoms with van der Waals surface area (Å²) in [4.78, 5) is 11.6. The smallest absolute Gasteiger partial charge is 0.387 e. The average molecular weight is 384 g/mol. The predicted octanol–water partition coefficient (Wildman–Crippen LogP) is 3.60. The molecule has 0 fully saturated rings. The summed E-state index contributed by atoms with van der Waals surface area (Å²) in [5.41, 5.74) is 0.390. The van der Waals surface area contributed by atoms with E-state index >= 15 is 0 Å². The molecule has 0 aliphatic rings. The second kappa shape index (κ2) is 8.73. The fourth-order valence-electron chi connectivity index (χ4n) is 1.74. The van der Waals surface area contributed by atoms with Gasteiger partial charge in [-0.05, 0) is 44.5 Å². The van der Waals surface area contributed by atoms with Gasteiger partial charge < -0.3 is 9.47 Å². The van der Waals surface area contributed by atoms with Gasteiger partial charge in [-0.15, -0.1) is 0 Å². The predicted molar refractivity (Wildman–Crippen MR) is 88.5 cm³/mol. The highest BCUT2D eigenvalue weighted by atomic mass is 35.5. The van der Waals surface area contributed by atoms with Gasteiger partial charge in [-0.1, -0.05) is 11.6 Å². The van der Waals surface area contributed by atoms with E-state index in [1.165, 1.54) is 25.3 Å². The van der Waals surface area contributed by atoms with Crippen LogP contribution in [0.2, 0.25) is 5.02 Å². The lowest BCUT2D eigenvalue weighted by atomic mass is 10.0. The Morgan fingerprint density at radius 2 is 1.96 bits per heavy atom. The molecule has 24 heavy (non-hydrogen) atoms. The van der Waals surface area contributed by atoms with Crippen molar-refractivity contribution in [3.05, 3.63) is 28.8 Å². The Bertz CT molecular complexity index is 608. The monoisotopic (exact) mass is 383 g/mol. The Kier molecular flexibility index (Phi) is 7.56. The van der Waals surface area contributed by atoms with Crippen LogP contribution in [0.5, 0.6) is 5.75 Å². The van der Waals surface area contributed by atoms with Gasteiger partial charge in [0.1, 0.15) is 5.75 Å². The topological polar surface area (TPSA) is 64.6 Å². The number of hydrogen-bond donors (Lipinski definition) is 1. The molecule has 1 N–H and O–H groups in total. The maximum Gasteiger partial charge on any atom is 0.387 e. The molecular formula is C15H20ClF2NO4S. The molecule has 0 aromatic heterocycles. The summed E-state index contributed by atoms with van der Waals surface area (Å²) in [5.74, 6) is -0.694. The van der Waals surface area contributed by atoms with Gasteiger partial charge in [-0.2, -0.15) is 8.78 Å². The first-order valence-electron chi connectivity index (χ1n) is 7.03. The Hall–Kier alpha value is -1.25. The molecule has 0 aliphatic heterocycles. The number of esters is 1. The van der Waals surface area contributed by atoms with Gasteiger partial charge in [0.25, 0.3) is 0 Å². The number of carbonyl (C=O) groups is 1. The van der Waals surface area contributed by atoms with E-state index in [1.807, 2.05) is 0 Å². The van der Waals surface area contributed by atoms with E-state index in [4.69, 9.17) is 11.6 Å². The van der Waals surface area contributed by atoms with E-state index in [9.17, 15) is 17.8 Å². The lowest BCUT2D eigenvalue weighted by Crippen LogP contribution is -2.36. The highest BCUT2D eigenvalue weighted by Gasteiger charge is 2.26. The average Bonchev–Trinajstić information content (AvgIpc) is 2.43. The van der Waals surface area contributed by atoms with Crippen molar-refractivity contribution < 1.29 is 27.3 Å². The fourth-order valence-corrected chi connectivity index (χ4v) is 2.80. The molecule has 0 spiro atoms. The zero-order valence-electron chi connectivity index (χ0n) is 13.8. The van der Waals surface area contributed by atoms with Crippen molar-refractivity contribution in [1.29, 1.82) is 0 Å². The van der Waals surface area contributed by atoms with Gasteiger partial charge in [0.15, 0.2) is 0 Å². The number of benzene rings is 1. The van der Waals surface area contributed by atoms with Crippen LogP contribution in [-0.2, 0) is 20.5 Å². The third-order valence-electron chi connectivity index (χ3n) is 2.93. The summed E-state index contributed by atoms with van der Waals surface area (Å²) in [6.07, 6.45) is -0.146. The number of methoxy groups -OCH3 is 1. The Labute approximate surface area is 147 Å². The van der Waals surface area contributed by atoms with Crippen LogP contribution in [0.3, 0.4) is 0 Å². The van der Waals surface area contributed by atoms with Crippen LogP contribution in [-0.4, -0.2) is 28.6 Å². The molecule has 1 aromatic rings. The molecule has 136 valence electrons. The van der Waals surface area contributed by atoms with E-state index in [2.05, 4.69) is 14.2 Å². The molecule has 0 heterocycles. The molecule has 5 nitrogen and oxygen atoms in total. The van der Waals surface area contributed by atoms with E-state index in [0.29, 0.717) is 5.56 Å². The SMILES string of the molecule is COC(=O)C[C@H](NS(=O)C(C)(C)C)c1cc(Cl)cc(OC(F)F)c1. The Morgan fingerprint density at radius 1 is 1.33 bits per heavy atom. The second-order valence-corrected chi connectivity index (χ2v) is 8.36. The maximum atomic E-state index is 12.4. The zero-order valence-corrected chi connectivity index (χ0v) is 15.3. The zero-order chi connectivity index (χ0) is 18.5. The minimum atomic E-state index is -3.01. The molecule has 0 saturated carbocycles. The van der Waals surface area contributed by atoms with Crippen molar-refractivity contribution in [2.45, 2.75) is 44.6 Å². The van der Waals surface area contributed by atoms with Crippen LogP contribution in [0.15, 0.2) is 18.2 Å². The Morgan fingerprint density at radius 3 is 2.46 bits per heavy atom. The van der Waals surface area contributed by atoms with Gasteiger partial charge >= 0.3 is 12.6 Å². The summed E-state index contributed by atoms with van der Waals surface area (Å²) in [5, 5.41) is 0.154. The van der Waals surface area contributed by atoms with Crippen LogP contribution < -0.4 is 9.46 Å². The van der Waals surface area contributed by atoms with Crippen molar-refractivity contribution in [3.63, 3.8) is 0 Å². The number of nitrogens with one attached hydrogen (secondary N) is 1. The summed E-state index contributed by atoms with van der Waals surface area (Å²) >= 11 is 5.93. The summed E-state index contributed by atoms with van der Waals surface area (Å²) in [7, 11) is -0.274. The third-order valence-corrected chi connectivity index (χ3v) is 4.75. The summed E-state index contributed by atoms with van der Waals surface area (Å²) in [6.45, 7) is 2.27. The molecule has 2 atom stereocenters. The van der Waals surface area contributed by atoms with Crippen LogP contribution in [0.25, 0.3) is 0 Å². The molecule has 0 bridgehead atoms. The number of halogens is 3. The Balaban J connectivity index is 3.15. The third kappa shape index (κ3) is 6.70. The highest BCUT2D eigenvalue weighted by Crippen LogP contribution is 2.29. The van der Waals surface area contributed by atoms with Crippen LogP contribution in [0, 0.1) is 0 Å². The minimum Gasteiger partial charge on any atom is -0.469 e. The number of rotatable bonds is 7. The number of alkyl halides is 2. The van der Waals surface area contributed by atoms with Crippen molar-refractivity contribution in [2.24, 2.45) is 0 Å². The van der Waals surface area contributed by atoms with Crippen molar-refractivity contribution in [2.75, 3.05) is 7.11 Å². The number of hydrogen-bond acceptors (Lipinski definition) is 4. The van der Waals surface area contributed by atoms with Crippen molar-refractivity contribution in [3.8, 4) is 5.75 Å². The number of ether oxygens (including phenoxy) is 2. The molecule has 1 aromatic carbocycles. The lowest BCUT2D eigenvalue weighted by molar-refractivity contribution is -0.141. The van der Waals surface area contributed by atoms with E-state index in [0.717, 1.165) is 0 Å². The second-order valence-electron chi connectivity index (χ2n) is 5.93. The molecule has 0 aliphatic carbocycles. The first-order valence-corrected chi connectivity index (χ1v) is 8.56. The van der Waals surface area contributed by atoms with Gasteiger partial charge in [-0.3, -0.25) is 4.79 Å². The molecule has 0 amide bonds. The first-order chi connectivity index (χ1) is 11.0. The van der Waals surface area contributed by atoms with Gasteiger partial charge in [-0.25, -0.2) is 8.93 Å². The number of carbonyl (C=O) groups excluding carboxylic acids is 1. The van der Waals surface area contributed by atoms with Gasteiger partial charge in [0.2, 0.25) is 0 Å². The molecule has 1 unspecified atom stereocenters. The van der Waals surface area contributed by atoms with E-state index in [1.54, 1.807) is 20.8 Å². The summed E-state index contributed by atoms with van der Waals surface area (Å²) < 4.78 is 48.4. The normalized spacial score (nSPS) is 14.3. The van der Waals surface area contributed by atoms with Crippen molar-refractivity contribution >= 4 is 28.6 Å². The minimum absolute atomic E-state index is 0.146. The van der Waals surface area contributed by atoms with Gasteiger partial charge in [0, 0.05) is 5.02 Å². The van der Waals surface area contributed by atoms with Crippen LogP contribution in [0.1, 0.15) is 38.8 Å². The quantitative estimate of drug-likeness (QED) is 0.731. The van der Waals surface area contributed by atoms with Crippen molar-refractivity contribution in [1.82, 2.24) is 4.72 Å². The maximum absolute atomic E-state index is 12.4. The fraction of sp³-hybridized carbons (Fsp3) is 0.533. The summed E-state index contributed by atoms with van der Waals surface area (Å²) in [6, 6.07) is 3.29. The lowest BCUT2D eigenvalue weighted by Gasteiger charge is -2.24. The molecule has 9 heteroatoms. The van der Waals surface area contributed by atoms with Crippen LogP contribution >= 0.6 is 11.6 Å². The van der Waals surface area contributed by atoms with E-state index in [-0.39, 0.29) is 17.2 Å². The first kappa shape index (κ1) is 20.8. The largest absolute Gasteiger partial charge is 0.469 e. The van der Waals surface area contributed by atoms with Gasteiger partial charge in [0.05, 0.1) is 35.3 Å². The van der Waals surface area contributed by atoms with E-state index < -0.39 is 34.4 Å². The standard InChI is InChI=1S/C15H20ClF2NO4S/c1-15(2,3)24(21)19-12(8-13(20)22-4)9-5-10(16)7-11(6-9)23-14(17)18/h5-7,12,14,19H,8H2,1-4H3/t12-,24?/m0/s1. The molecule has 0 saturated heterocycles. The molecule has 0 radical (unpaired) electrons. The highest BCUT2D eigenvalue weighted by molar-refractivity contribution is 7.84. The van der Waals surface area contributed by atoms with Crippen LogP contribution in [0.4, 0.5) is 8.78 Å². The molecular weight excluding hydrogens is 364 g/mol.